The molecule has 5 nitrogen and oxygen atoms in total. The first-order valence-electron chi connectivity index (χ1n) is 9.34. The number of carbonyl (C=O) groups is 2. The molecule has 1 aliphatic heterocycles. The van der Waals surface area contributed by atoms with Crippen molar-refractivity contribution < 1.29 is 9.59 Å². The van der Waals surface area contributed by atoms with E-state index in [9.17, 15) is 9.59 Å². The highest BCUT2D eigenvalue weighted by Gasteiger charge is 2.40. The molecule has 2 amide bonds. The number of carbonyl (C=O) groups excluding carboxylic acids is 2. The summed E-state index contributed by atoms with van der Waals surface area (Å²) in [6, 6.07) is 26.0. The third-order valence-corrected chi connectivity index (χ3v) is 4.81. The Balaban J connectivity index is 1.76. The molecule has 0 aromatic heterocycles. The molecule has 1 N–H and O–H groups in total. The standard InChI is InChI=1S/C24H21N3O2/c1-26(2)19-15-13-18(14-16-19)25-22-21(17-9-5-3-6-10-17)23(28)27(24(22)29)20-11-7-4-8-12-20/h3-16,25H,1-2H3. The minimum absolute atomic E-state index is 0.280. The van der Waals surface area contributed by atoms with E-state index in [4.69, 9.17) is 0 Å². The summed E-state index contributed by atoms with van der Waals surface area (Å²) in [5.74, 6) is -0.698. The molecule has 0 unspecified atom stereocenters. The Labute approximate surface area is 169 Å². The summed E-state index contributed by atoms with van der Waals surface area (Å²) in [5.41, 5.74) is 3.70. The SMILES string of the molecule is CN(C)c1ccc(NC2=C(c3ccccc3)C(=O)N(c3ccccc3)C2=O)cc1. The quantitative estimate of drug-likeness (QED) is 0.673. The minimum atomic E-state index is -0.364. The topological polar surface area (TPSA) is 52.7 Å². The van der Waals surface area contributed by atoms with Crippen molar-refractivity contribution in [3.05, 3.63) is 96.2 Å². The summed E-state index contributed by atoms with van der Waals surface area (Å²) in [5, 5.41) is 3.18. The first kappa shape index (κ1) is 18.5. The number of hydrogen-bond acceptors (Lipinski definition) is 4. The minimum Gasteiger partial charge on any atom is -0.378 e. The fourth-order valence-corrected chi connectivity index (χ4v) is 3.32. The van der Waals surface area contributed by atoms with Gasteiger partial charge in [-0.1, -0.05) is 48.5 Å². The Bertz CT molecular complexity index is 1070. The van der Waals surface area contributed by atoms with Gasteiger partial charge in [0.1, 0.15) is 5.70 Å². The molecule has 144 valence electrons. The van der Waals surface area contributed by atoms with Crippen LogP contribution in [-0.2, 0) is 9.59 Å². The zero-order valence-corrected chi connectivity index (χ0v) is 16.3. The highest BCUT2D eigenvalue weighted by molar-refractivity contribution is 6.46. The van der Waals surface area contributed by atoms with E-state index < -0.39 is 0 Å². The van der Waals surface area contributed by atoms with Crippen LogP contribution in [0.25, 0.3) is 5.57 Å². The molecule has 1 aliphatic rings. The van der Waals surface area contributed by atoms with Gasteiger partial charge in [0, 0.05) is 25.5 Å². The molecular formula is C24H21N3O2. The van der Waals surface area contributed by atoms with Crippen LogP contribution in [-0.4, -0.2) is 25.9 Å². The largest absolute Gasteiger partial charge is 0.378 e. The fourth-order valence-electron chi connectivity index (χ4n) is 3.32. The van der Waals surface area contributed by atoms with Crippen molar-refractivity contribution in [2.45, 2.75) is 0 Å². The lowest BCUT2D eigenvalue weighted by Crippen LogP contribution is -2.32. The maximum atomic E-state index is 13.3. The van der Waals surface area contributed by atoms with Gasteiger partial charge in [0.25, 0.3) is 11.8 Å². The lowest BCUT2D eigenvalue weighted by atomic mass is 10.0. The van der Waals surface area contributed by atoms with Gasteiger partial charge in [-0.05, 0) is 42.0 Å². The molecule has 3 aromatic carbocycles. The lowest BCUT2D eigenvalue weighted by molar-refractivity contribution is -0.120. The van der Waals surface area contributed by atoms with Crippen LogP contribution in [0.1, 0.15) is 5.56 Å². The summed E-state index contributed by atoms with van der Waals surface area (Å²) in [4.78, 5) is 29.7. The van der Waals surface area contributed by atoms with E-state index in [0.29, 0.717) is 16.8 Å². The Kier molecular flexibility index (Phi) is 4.87. The molecule has 0 saturated carbocycles. The highest BCUT2D eigenvalue weighted by atomic mass is 16.2. The second kappa shape index (κ2) is 7.64. The van der Waals surface area contributed by atoms with E-state index in [1.807, 2.05) is 91.8 Å². The lowest BCUT2D eigenvalue weighted by Gasteiger charge is -2.15. The summed E-state index contributed by atoms with van der Waals surface area (Å²) < 4.78 is 0. The van der Waals surface area contributed by atoms with Crippen molar-refractivity contribution >= 4 is 34.4 Å². The number of amides is 2. The maximum Gasteiger partial charge on any atom is 0.282 e. The van der Waals surface area contributed by atoms with E-state index in [0.717, 1.165) is 11.4 Å². The van der Waals surface area contributed by atoms with Gasteiger partial charge in [0.15, 0.2) is 0 Å². The number of benzene rings is 3. The number of para-hydroxylation sites is 1. The Morgan fingerprint density at radius 1 is 0.724 bits per heavy atom. The van der Waals surface area contributed by atoms with Crippen LogP contribution in [0.3, 0.4) is 0 Å². The van der Waals surface area contributed by atoms with E-state index >= 15 is 0 Å². The second-order valence-electron chi connectivity index (χ2n) is 6.96. The zero-order valence-electron chi connectivity index (χ0n) is 16.3. The monoisotopic (exact) mass is 383 g/mol. The Hall–Kier alpha value is -3.86. The van der Waals surface area contributed by atoms with Gasteiger partial charge in [-0.25, -0.2) is 4.90 Å². The van der Waals surface area contributed by atoms with Crippen molar-refractivity contribution in [2.24, 2.45) is 0 Å². The second-order valence-corrected chi connectivity index (χ2v) is 6.96. The molecule has 0 radical (unpaired) electrons. The van der Waals surface area contributed by atoms with Crippen LogP contribution in [0.15, 0.2) is 90.6 Å². The molecule has 29 heavy (non-hydrogen) atoms. The van der Waals surface area contributed by atoms with Gasteiger partial charge >= 0.3 is 0 Å². The molecule has 1 heterocycles. The number of nitrogens with one attached hydrogen (secondary N) is 1. The number of hydrogen-bond donors (Lipinski definition) is 1. The van der Waals surface area contributed by atoms with Gasteiger partial charge in [0.05, 0.1) is 11.3 Å². The molecule has 0 aliphatic carbocycles. The Morgan fingerprint density at radius 3 is 1.90 bits per heavy atom. The summed E-state index contributed by atoms with van der Waals surface area (Å²) in [6.45, 7) is 0. The average molecular weight is 383 g/mol. The molecule has 0 atom stereocenters. The van der Waals surface area contributed by atoms with Crippen molar-refractivity contribution in [3.8, 4) is 0 Å². The van der Waals surface area contributed by atoms with Crippen molar-refractivity contribution in [1.29, 1.82) is 0 Å². The number of imide groups is 1. The van der Waals surface area contributed by atoms with E-state index in [1.54, 1.807) is 12.1 Å². The normalized spacial score (nSPS) is 13.8. The summed E-state index contributed by atoms with van der Waals surface area (Å²) in [7, 11) is 3.94. The molecular weight excluding hydrogens is 362 g/mol. The van der Waals surface area contributed by atoms with Crippen LogP contribution in [0.2, 0.25) is 0 Å². The van der Waals surface area contributed by atoms with Crippen LogP contribution in [0.4, 0.5) is 17.1 Å². The van der Waals surface area contributed by atoms with Crippen molar-refractivity contribution in [2.75, 3.05) is 29.2 Å². The van der Waals surface area contributed by atoms with Gasteiger partial charge in [-0.2, -0.15) is 0 Å². The molecule has 5 heteroatoms. The van der Waals surface area contributed by atoms with Crippen molar-refractivity contribution in [3.63, 3.8) is 0 Å². The first-order valence-corrected chi connectivity index (χ1v) is 9.34. The van der Waals surface area contributed by atoms with Crippen LogP contribution in [0.5, 0.6) is 0 Å². The van der Waals surface area contributed by atoms with Crippen LogP contribution >= 0.6 is 0 Å². The van der Waals surface area contributed by atoms with Gasteiger partial charge in [-0.15, -0.1) is 0 Å². The van der Waals surface area contributed by atoms with E-state index in [-0.39, 0.29) is 17.5 Å². The highest BCUT2D eigenvalue weighted by Crippen LogP contribution is 2.33. The third-order valence-electron chi connectivity index (χ3n) is 4.81. The summed E-state index contributed by atoms with van der Waals surface area (Å²) >= 11 is 0. The van der Waals surface area contributed by atoms with Crippen LogP contribution in [0, 0.1) is 0 Å². The third kappa shape index (κ3) is 3.50. The molecule has 3 aromatic rings. The smallest absolute Gasteiger partial charge is 0.282 e. The van der Waals surface area contributed by atoms with Gasteiger partial charge in [0.2, 0.25) is 0 Å². The molecule has 4 rings (SSSR count). The molecule has 0 bridgehead atoms. The Morgan fingerprint density at radius 2 is 1.31 bits per heavy atom. The average Bonchev–Trinajstić information content (AvgIpc) is 2.99. The first-order chi connectivity index (χ1) is 14.1. The number of anilines is 3. The molecule has 0 fully saturated rings. The van der Waals surface area contributed by atoms with E-state index in [2.05, 4.69) is 5.32 Å². The fraction of sp³-hybridized carbons (Fsp3) is 0.0833. The molecule has 0 saturated heterocycles. The predicted octanol–water partition coefficient (Wildman–Crippen LogP) is 4.15. The maximum absolute atomic E-state index is 13.3. The summed E-state index contributed by atoms with van der Waals surface area (Å²) in [6.07, 6.45) is 0. The molecule has 0 spiro atoms. The van der Waals surface area contributed by atoms with Gasteiger partial charge in [-0.3, -0.25) is 9.59 Å². The zero-order chi connectivity index (χ0) is 20.4. The number of rotatable bonds is 5. The van der Waals surface area contributed by atoms with E-state index in [1.165, 1.54) is 4.90 Å². The van der Waals surface area contributed by atoms with Crippen LogP contribution < -0.4 is 15.1 Å². The predicted molar refractivity (Wildman–Crippen MR) is 117 cm³/mol. The van der Waals surface area contributed by atoms with Gasteiger partial charge < -0.3 is 10.2 Å². The number of nitrogens with zero attached hydrogens (tertiary/aromatic N) is 2. The van der Waals surface area contributed by atoms with Crippen molar-refractivity contribution in [1.82, 2.24) is 0 Å².